The molecule has 0 saturated carbocycles. The van der Waals surface area contributed by atoms with E-state index >= 15 is 0 Å². The second-order valence-electron chi connectivity index (χ2n) is 1.08. The first-order chi connectivity index (χ1) is 3.41. The van der Waals surface area contributed by atoms with Gasteiger partial charge in [0.25, 0.3) is 0 Å². The van der Waals surface area contributed by atoms with E-state index in [0.717, 1.165) is 17.4 Å². The van der Waals surface area contributed by atoms with Gasteiger partial charge in [-0.2, -0.15) is 0 Å². The van der Waals surface area contributed by atoms with E-state index in [-0.39, 0.29) is 20.9 Å². The van der Waals surface area contributed by atoms with Gasteiger partial charge in [-0.15, -0.1) is 0 Å². The molecule has 0 aliphatic rings. The molecule has 0 bridgehead atoms. The van der Waals surface area contributed by atoms with Crippen molar-refractivity contribution in [1.29, 1.82) is 5.26 Å². The quantitative estimate of drug-likeness (QED) is 0.525. The van der Waals surface area contributed by atoms with Crippen molar-refractivity contribution in [2.24, 2.45) is 5.73 Å². The maximum atomic E-state index is 8.06. The summed E-state index contributed by atoms with van der Waals surface area (Å²) in [6.45, 7) is 0.742. The van der Waals surface area contributed by atoms with E-state index in [4.69, 9.17) is 11.0 Å². The van der Waals surface area contributed by atoms with Gasteiger partial charge >= 0.3 is 53.5 Å². The Kier molecular flexibility index (Phi) is 6.45. The van der Waals surface area contributed by atoms with Gasteiger partial charge in [0.05, 0.1) is 0 Å². The topological polar surface area (TPSA) is 49.8 Å². The van der Waals surface area contributed by atoms with Gasteiger partial charge in [-0.3, -0.25) is 0 Å². The second-order valence-corrected chi connectivity index (χ2v) is 3.59. The Labute approximate surface area is 53.8 Å². The summed E-state index contributed by atoms with van der Waals surface area (Å²) in [6.07, 6.45) is 1.04. The molecular weight excluding hydrogens is 204 g/mol. The van der Waals surface area contributed by atoms with Crippen molar-refractivity contribution in [2.75, 3.05) is 6.54 Å². The third-order valence-electron chi connectivity index (χ3n) is 0.515. The van der Waals surface area contributed by atoms with E-state index in [1.165, 1.54) is 0 Å². The number of rotatable bonds is 3. The number of nitrogens with two attached hydrogens (primary N) is 1. The standard InChI is InChI=1S/C4H8N2Te/c5-2-1-3-7-4-6/h1-3,5H2. The third-order valence-corrected chi connectivity index (χ3v) is 2.29. The van der Waals surface area contributed by atoms with Crippen molar-refractivity contribution < 1.29 is 0 Å². The van der Waals surface area contributed by atoms with Crippen LogP contribution in [0.5, 0.6) is 0 Å². The molecule has 0 heterocycles. The van der Waals surface area contributed by atoms with Crippen LogP contribution in [0.3, 0.4) is 0 Å². The van der Waals surface area contributed by atoms with Crippen molar-refractivity contribution in [3.63, 3.8) is 0 Å². The van der Waals surface area contributed by atoms with Gasteiger partial charge in [0, 0.05) is 0 Å². The Morgan fingerprint density at radius 3 is 2.86 bits per heavy atom. The molecule has 0 aromatic carbocycles. The van der Waals surface area contributed by atoms with Crippen molar-refractivity contribution >= 4 is 20.9 Å². The summed E-state index contributed by atoms with van der Waals surface area (Å²) < 4.78 is 3.26. The Bertz CT molecular complexity index is 66.6. The Balaban J connectivity index is 2.60. The summed E-state index contributed by atoms with van der Waals surface area (Å²) in [5.41, 5.74) is 5.18. The zero-order valence-electron chi connectivity index (χ0n) is 4.05. The first-order valence-corrected chi connectivity index (χ1v) is 4.94. The number of nitriles is 1. The van der Waals surface area contributed by atoms with E-state index in [2.05, 4.69) is 4.12 Å². The van der Waals surface area contributed by atoms with Crippen LogP contribution in [0.25, 0.3) is 0 Å². The van der Waals surface area contributed by atoms with Crippen molar-refractivity contribution in [2.45, 2.75) is 10.9 Å². The van der Waals surface area contributed by atoms with Crippen LogP contribution >= 0.6 is 0 Å². The molecule has 0 spiro atoms. The first kappa shape index (κ1) is 7.24. The normalized spacial score (nSPS) is 8.00. The molecule has 0 aliphatic heterocycles. The van der Waals surface area contributed by atoms with Crippen LogP contribution in [0.4, 0.5) is 0 Å². The van der Waals surface area contributed by atoms with Gasteiger partial charge in [-0.25, -0.2) is 0 Å². The van der Waals surface area contributed by atoms with Crippen LogP contribution in [0.15, 0.2) is 0 Å². The molecule has 0 saturated heterocycles. The molecule has 3 heteroatoms. The van der Waals surface area contributed by atoms with Crippen LogP contribution in [-0.4, -0.2) is 27.5 Å². The van der Waals surface area contributed by atoms with E-state index < -0.39 is 0 Å². The first-order valence-electron chi connectivity index (χ1n) is 2.12. The van der Waals surface area contributed by atoms with E-state index in [9.17, 15) is 0 Å². The minimum atomic E-state index is -0.299. The predicted molar refractivity (Wildman–Crippen MR) is 29.8 cm³/mol. The van der Waals surface area contributed by atoms with Gasteiger partial charge in [0.2, 0.25) is 0 Å². The number of nitrogens with zero attached hydrogens (tertiary/aromatic N) is 1. The molecule has 40 valence electrons. The fourth-order valence-corrected chi connectivity index (χ4v) is 1.35. The Hall–Kier alpha value is 0.240. The van der Waals surface area contributed by atoms with E-state index in [0.29, 0.717) is 0 Å². The molecule has 0 fully saturated rings. The minimum absolute atomic E-state index is 0.299. The fraction of sp³-hybridized carbons (Fsp3) is 0.750. The maximum absolute atomic E-state index is 8.06. The molecule has 0 aromatic rings. The summed E-state index contributed by atoms with van der Waals surface area (Å²) >= 11 is -0.299. The van der Waals surface area contributed by atoms with Crippen LogP contribution in [0.1, 0.15) is 6.42 Å². The molecule has 0 atom stereocenters. The van der Waals surface area contributed by atoms with E-state index in [1.807, 2.05) is 0 Å². The van der Waals surface area contributed by atoms with Crippen molar-refractivity contribution in [1.82, 2.24) is 0 Å². The van der Waals surface area contributed by atoms with Gasteiger partial charge < -0.3 is 0 Å². The average Bonchev–Trinajstić information content (AvgIpc) is 1.69. The molecule has 0 amide bonds. The van der Waals surface area contributed by atoms with Crippen molar-refractivity contribution in [3.8, 4) is 4.12 Å². The molecule has 2 N–H and O–H groups in total. The molecule has 0 aliphatic carbocycles. The molecule has 0 radical (unpaired) electrons. The summed E-state index contributed by atoms with van der Waals surface area (Å²) in [5.74, 6) is 0. The van der Waals surface area contributed by atoms with Gasteiger partial charge in [0.1, 0.15) is 0 Å². The SMILES string of the molecule is N#C[Te]CCCN. The van der Waals surface area contributed by atoms with Gasteiger partial charge in [0.15, 0.2) is 0 Å². The zero-order chi connectivity index (χ0) is 5.54. The van der Waals surface area contributed by atoms with Crippen molar-refractivity contribution in [3.05, 3.63) is 0 Å². The Morgan fingerprint density at radius 1 is 1.71 bits per heavy atom. The molecule has 2 nitrogen and oxygen atoms in total. The van der Waals surface area contributed by atoms with Crippen LogP contribution in [0.2, 0.25) is 4.47 Å². The predicted octanol–water partition coefficient (Wildman–Crippen LogP) is -0.0612. The van der Waals surface area contributed by atoms with Crippen LogP contribution < -0.4 is 5.73 Å². The van der Waals surface area contributed by atoms with E-state index in [1.54, 1.807) is 0 Å². The van der Waals surface area contributed by atoms with Crippen LogP contribution in [0, 0.1) is 9.38 Å². The fourth-order valence-electron chi connectivity index (χ4n) is 0.201. The molecule has 7 heavy (non-hydrogen) atoms. The second kappa shape index (κ2) is 6.24. The van der Waals surface area contributed by atoms with Gasteiger partial charge in [-0.05, 0) is 0 Å². The molecular formula is C4H8N2Te. The van der Waals surface area contributed by atoms with Crippen LogP contribution in [-0.2, 0) is 0 Å². The molecule has 0 rings (SSSR count). The summed E-state index contributed by atoms with van der Waals surface area (Å²) in [5, 5.41) is 8.06. The number of hydrogen-bond donors (Lipinski definition) is 1. The zero-order valence-corrected chi connectivity index (χ0v) is 6.38. The molecule has 0 aromatic heterocycles. The monoisotopic (exact) mass is 214 g/mol. The average molecular weight is 212 g/mol. The van der Waals surface area contributed by atoms with Gasteiger partial charge in [-0.1, -0.05) is 0 Å². The summed E-state index contributed by atoms with van der Waals surface area (Å²) in [7, 11) is 0. The molecule has 0 unspecified atom stereocenters. The third kappa shape index (κ3) is 6.24. The Morgan fingerprint density at radius 2 is 2.43 bits per heavy atom. The summed E-state index contributed by atoms with van der Waals surface area (Å²) in [6, 6.07) is 0. The summed E-state index contributed by atoms with van der Waals surface area (Å²) in [4.78, 5) is 0. The number of hydrogen-bond acceptors (Lipinski definition) is 2.